The number of amides is 1. The molecule has 0 saturated carbocycles. The molecule has 0 aliphatic rings. The zero-order valence-electron chi connectivity index (χ0n) is 11.2. The number of H-pyrrole nitrogens is 1. The van der Waals surface area contributed by atoms with Crippen LogP contribution in [-0.2, 0) is 11.3 Å². The van der Waals surface area contributed by atoms with Crippen molar-refractivity contribution in [2.45, 2.75) is 33.0 Å². The Morgan fingerprint density at radius 3 is 2.84 bits per heavy atom. The number of hydrogen-bond donors (Lipinski definition) is 3. The fourth-order valence-electron chi connectivity index (χ4n) is 1.69. The van der Waals surface area contributed by atoms with E-state index in [9.17, 15) is 4.79 Å². The number of anilines is 1. The smallest absolute Gasteiger partial charge is 0.412 e. The first kappa shape index (κ1) is 13.4. The number of ether oxygens (including phenoxy) is 1. The van der Waals surface area contributed by atoms with Crippen LogP contribution in [0.2, 0.25) is 0 Å². The summed E-state index contributed by atoms with van der Waals surface area (Å²) in [5, 5.41) is 19.4. The van der Waals surface area contributed by atoms with Gasteiger partial charge in [0.15, 0.2) is 0 Å². The van der Waals surface area contributed by atoms with Gasteiger partial charge in [-0.1, -0.05) is 0 Å². The number of rotatable bonds is 2. The molecule has 6 heteroatoms. The van der Waals surface area contributed by atoms with Crippen molar-refractivity contribution in [3.05, 3.63) is 23.9 Å². The second-order valence-corrected chi connectivity index (χ2v) is 5.22. The molecular formula is C13H17N3O3. The third-order valence-corrected chi connectivity index (χ3v) is 2.44. The van der Waals surface area contributed by atoms with E-state index >= 15 is 0 Å². The number of nitrogens with zero attached hydrogens (tertiary/aromatic N) is 1. The average molecular weight is 263 g/mol. The number of hydrogen-bond acceptors (Lipinski definition) is 4. The molecule has 0 unspecified atom stereocenters. The summed E-state index contributed by atoms with van der Waals surface area (Å²) in [5.41, 5.74) is 1.39. The molecule has 102 valence electrons. The van der Waals surface area contributed by atoms with E-state index in [-0.39, 0.29) is 6.61 Å². The van der Waals surface area contributed by atoms with Gasteiger partial charge in [0, 0.05) is 11.1 Å². The van der Waals surface area contributed by atoms with E-state index in [1.54, 1.807) is 39.0 Å². The van der Waals surface area contributed by atoms with Crippen LogP contribution in [0, 0.1) is 0 Å². The highest BCUT2D eigenvalue weighted by molar-refractivity contribution is 5.90. The minimum absolute atomic E-state index is 0.102. The normalized spacial score (nSPS) is 11.6. The lowest BCUT2D eigenvalue weighted by Gasteiger charge is -2.19. The average Bonchev–Trinajstić information content (AvgIpc) is 2.68. The van der Waals surface area contributed by atoms with Crippen molar-refractivity contribution in [1.82, 2.24) is 10.2 Å². The summed E-state index contributed by atoms with van der Waals surface area (Å²) in [7, 11) is 0. The van der Waals surface area contributed by atoms with Gasteiger partial charge in [-0.2, -0.15) is 5.10 Å². The molecule has 0 aliphatic heterocycles. The zero-order valence-corrected chi connectivity index (χ0v) is 11.2. The number of carbonyl (C=O) groups is 1. The Kier molecular flexibility index (Phi) is 3.44. The molecule has 0 radical (unpaired) electrons. The van der Waals surface area contributed by atoms with Crippen LogP contribution in [-0.4, -0.2) is 27.0 Å². The van der Waals surface area contributed by atoms with E-state index in [1.165, 1.54) is 0 Å². The highest BCUT2D eigenvalue weighted by Gasteiger charge is 2.16. The number of nitrogens with one attached hydrogen (secondary N) is 2. The predicted octanol–water partition coefficient (Wildman–Crippen LogP) is 2.40. The summed E-state index contributed by atoms with van der Waals surface area (Å²) in [4.78, 5) is 11.6. The summed E-state index contributed by atoms with van der Waals surface area (Å²) in [5.74, 6) is 0. The second kappa shape index (κ2) is 4.89. The van der Waals surface area contributed by atoms with E-state index < -0.39 is 11.7 Å². The Hall–Kier alpha value is -2.08. The van der Waals surface area contributed by atoms with Crippen molar-refractivity contribution in [2.75, 3.05) is 5.32 Å². The van der Waals surface area contributed by atoms with Crippen molar-refractivity contribution in [3.8, 4) is 0 Å². The lowest BCUT2D eigenvalue weighted by molar-refractivity contribution is 0.0636. The molecule has 0 fully saturated rings. The number of carbonyl (C=O) groups excluding carboxylic acids is 1. The number of aliphatic hydroxyl groups excluding tert-OH is 1. The molecule has 1 aromatic heterocycles. The molecular weight excluding hydrogens is 246 g/mol. The van der Waals surface area contributed by atoms with Gasteiger partial charge in [-0.15, -0.1) is 0 Å². The first-order valence-corrected chi connectivity index (χ1v) is 5.97. The number of benzene rings is 1. The SMILES string of the molecule is CC(C)(C)OC(=O)Nc1ccc2c(CO)[nH]nc2c1. The first-order valence-electron chi connectivity index (χ1n) is 5.97. The quantitative estimate of drug-likeness (QED) is 0.776. The van der Waals surface area contributed by atoms with Crippen LogP contribution < -0.4 is 5.32 Å². The van der Waals surface area contributed by atoms with Crippen molar-refractivity contribution in [2.24, 2.45) is 0 Å². The Morgan fingerprint density at radius 1 is 1.47 bits per heavy atom. The van der Waals surface area contributed by atoms with Gasteiger partial charge in [0.25, 0.3) is 0 Å². The molecule has 3 N–H and O–H groups in total. The predicted molar refractivity (Wildman–Crippen MR) is 71.9 cm³/mol. The lowest BCUT2D eigenvalue weighted by Crippen LogP contribution is -2.27. The first-order chi connectivity index (χ1) is 8.89. The molecule has 0 aliphatic carbocycles. The van der Waals surface area contributed by atoms with Gasteiger partial charge in [-0.3, -0.25) is 10.4 Å². The van der Waals surface area contributed by atoms with E-state index in [0.29, 0.717) is 16.9 Å². The molecule has 2 aromatic rings. The van der Waals surface area contributed by atoms with Crippen LogP contribution in [0.25, 0.3) is 10.9 Å². The summed E-state index contributed by atoms with van der Waals surface area (Å²) < 4.78 is 5.16. The molecule has 0 saturated heterocycles. The summed E-state index contributed by atoms with van der Waals surface area (Å²) in [6, 6.07) is 5.24. The molecule has 0 bridgehead atoms. The second-order valence-electron chi connectivity index (χ2n) is 5.22. The van der Waals surface area contributed by atoms with Crippen LogP contribution in [0.1, 0.15) is 26.5 Å². The maximum Gasteiger partial charge on any atom is 0.412 e. The highest BCUT2D eigenvalue weighted by Crippen LogP contribution is 2.20. The van der Waals surface area contributed by atoms with Crippen molar-refractivity contribution < 1.29 is 14.6 Å². The maximum absolute atomic E-state index is 11.6. The fraction of sp³-hybridized carbons (Fsp3) is 0.385. The monoisotopic (exact) mass is 263 g/mol. The van der Waals surface area contributed by atoms with E-state index in [1.807, 2.05) is 0 Å². The maximum atomic E-state index is 11.6. The minimum atomic E-state index is -0.537. The molecule has 1 heterocycles. The third-order valence-electron chi connectivity index (χ3n) is 2.44. The van der Waals surface area contributed by atoms with Crippen LogP contribution in [0.5, 0.6) is 0 Å². The Bertz CT molecular complexity index is 599. The van der Waals surface area contributed by atoms with Gasteiger partial charge in [-0.25, -0.2) is 4.79 Å². The highest BCUT2D eigenvalue weighted by atomic mass is 16.6. The van der Waals surface area contributed by atoms with Crippen molar-refractivity contribution >= 4 is 22.7 Å². The van der Waals surface area contributed by atoms with Crippen molar-refractivity contribution in [3.63, 3.8) is 0 Å². The number of aromatic amines is 1. The standard InChI is InChI=1S/C13H17N3O3/c1-13(2,3)19-12(18)14-8-4-5-9-10(6-8)15-16-11(9)7-17/h4-6,17H,7H2,1-3H3,(H,14,18)(H,15,16). The van der Waals surface area contributed by atoms with E-state index in [2.05, 4.69) is 15.5 Å². The van der Waals surface area contributed by atoms with Crippen LogP contribution >= 0.6 is 0 Å². The molecule has 2 rings (SSSR count). The third kappa shape index (κ3) is 3.23. The molecule has 1 aromatic carbocycles. The number of aliphatic hydroxyl groups is 1. The number of fused-ring (bicyclic) bond motifs is 1. The van der Waals surface area contributed by atoms with Crippen LogP contribution in [0.3, 0.4) is 0 Å². The largest absolute Gasteiger partial charge is 0.444 e. The molecule has 0 spiro atoms. The number of aromatic nitrogens is 2. The fourth-order valence-corrected chi connectivity index (χ4v) is 1.69. The molecule has 19 heavy (non-hydrogen) atoms. The van der Waals surface area contributed by atoms with Gasteiger partial charge in [0.2, 0.25) is 0 Å². The Morgan fingerprint density at radius 2 is 2.21 bits per heavy atom. The van der Waals surface area contributed by atoms with Gasteiger partial charge in [-0.05, 0) is 39.0 Å². The lowest BCUT2D eigenvalue weighted by atomic mass is 10.2. The Balaban J connectivity index is 2.16. The van der Waals surface area contributed by atoms with E-state index in [4.69, 9.17) is 9.84 Å². The topological polar surface area (TPSA) is 87.2 Å². The summed E-state index contributed by atoms with van der Waals surface area (Å²) in [6.07, 6.45) is -0.509. The summed E-state index contributed by atoms with van der Waals surface area (Å²) >= 11 is 0. The molecule has 6 nitrogen and oxygen atoms in total. The molecule has 1 amide bonds. The van der Waals surface area contributed by atoms with Gasteiger partial charge < -0.3 is 9.84 Å². The molecule has 0 atom stereocenters. The van der Waals surface area contributed by atoms with Crippen LogP contribution in [0.15, 0.2) is 18.2 Å². The summed E-state index contributed by atoms with van der Waals surface area (Å²) in [6.45, 7) is 5.31. The van der Waals surface area contributed by atoms with Gasteiger partial charge in [0.1, 0.15) is 5.60 Å². The Labute approximate surface area is 110 Å². The van der Waals surface area contributed by atoms with Gasteiger partial charge >= 0.3 is 6.09 Å². The zero-order chi connectivity index (χ0) is 14.0. The van der Waals surface area contributed by atoms with Crippen LogP contribution in [0.4, 0.5) is 10.5 Å². The van der Waals surface area contributed by atoms with Crippen molar-refractivity contribution in [1.29, 1.82) is 0 Å². The van der Waals surface area contributed by atoms with Gasteiger partial charge in [0.05, 0.1) is 17.8 Å². The minimum Gasteiger partial charge on any atom is -0.444 e. The van der Waals surface area contributed by atoms with E-state index in [0.717, 1.165) is 5.39 Å².